The molecule has 0 aromatic heterocycles. The van der Waals surface area contributed by atoms with Gasteiger partial charge in [0.25, 0.3) is 0 Å². The van der Waals surface area contributed by atoms with E-state index in [0.29, 0.717) is 49.8 Å². The van der Waals surface area contributed by atoms with Gasteiger partial charge in [-0.1, -0.05) is 116 Å². The Morgan fingerprint density at radius 3 is 2.11 bits per heavy atom. The van der Waals surface area contributed by atoms with Crippen LogP contribution in [-0.2, 0) is 6.42 Å². The van der Waals surface area contributed by atoms with Gasteiger partial charge in [-0.2, -0.15) is 0 Å². The molecule has 4 aromatic carbocycles. The highest BCUT2D eigenvalue weighted by atomic mass is 16.3. The quantitative estimate of drug-likeness (QED) is 0.116. The molecule has 6 nitrogen and oxygen atoms in total. The van der Waals surface area contributed by atoms with Crippen molar-refractivity contribution >= 4 is 11.8 Å². The van der Waals surface area contributed by atoms with Crippen molar-refractivity contribution in [1.29, 1.82) is 0 Å². The smallest absolute Gasteiger partial charge is 0.317 e. The van der Waals surface area contributed by atoms with E-state index in [9.17, 15) is 19.8 Å². The largest absolute Gasteiger partial charge is 0.393 e. The first kappa shape index (κ1) is 41.8. The number of allylic oxidation sites excluding steroid dienone is 2. The van der Waals surface area contributed by atoms with Gasteiger partial charge in [-0.15, -0.1) is 0 Å². The average molecular weight is 819 g/mol. The molecule has 5 atom stereocenters. The molecule has 5 saturated carbocycles. The molecule has 61 heavy (non-hydrogen) atoms. The molecule has 7 aliphatic rings. The standard InChI is InChI=1S/C55H66N2O4/c1-37-11-10-25-53(3)50(48-23-17-39(30-47(58)22-16-37)31-49(48)51(59)46-20-18-45(19-21-46)44-14-8-5-9-15-44)24-26-55(53,61)36-57(52(60)56-38(2)43-12-6-4-7-13-43)35-54-32-40-27-41(33-54)29-42(28-40)34-54/h4-9,11-15,17-21,23,31,38,40-42,47,50,58,61H,10,16,22,24-30,32-36H2,1-3H3,(H,56,60)/t38-,40?,41?,42?,47+,50+,53+,54?,55-/m1/s1. The van der Waals surface area contributed by atoms with Crippen molar-refractivity contribution in [1.82, 2.24) is 10.2 Å². The second-order valence-electron chi connectivity index (χ2n) is 20.6. The van der Waals surface area contributed by atoms with E-state index in [-0.39, 0.29) is 35.7 Å². The number of urea groups is 1. The zero-order valence-corrected chi connectivity index (χ0v) is 36.6. The van der Waals surface area contributed by atoms with Gasteiger partial charge >= 0.3 is 6.03 Å². The van der Waals surface area contributed by atoms with Gasteiger partial charge in [-0.25, -0.2) is 4.79 Å². The van der Waals surface area contributed by atoms with Crippen LogP contribution in [0.5, 0.6) is 0 Å². The Morgan fingerprint density at radius 1 is 0.803 bits per heavy atom. The summed E-state index contributed by atoms with van der Waals surface area (Å²) >= 11 is 0. The Balaban J connectivity index is 1.08. The molecule has 11 rings (SSSR count). The topological polar surface area (TPSA) is 89.9 Å². The zero-order valence-electron chi connectivity index (χ0n) is 36.6. The van der Waals surface area contributed by atoms with Gasteiger partial charge < -0.3 is 20.4 Å². The van der Waals surface area contributed by atoms with Crippen LogP contribution in [0.15, 0.2) is 115 Å². The monoisotopic (exact) mass is 819 g/mol. The third-order valence-electron chi connectivity index (χ3n) is 16.2. The van der Waals surface area contributed by atoms with Crippen molar-refractivity contribution in [2.75, 3.05) is 13.1 Å². The summed E-state index contributed by atoms with van der Waals surface area (Å²) in [5.41, 5.74) is 5.90. The molecule has 0 radical (unpaired) electrons. The summed E-state index contributed by atoms with van der Waals surface area (Å²) < 4.78 is 0. The number of carbonyl (C=O) groups excluding carboxylic acids is 2. The van der Waals surface area contributed by atoms with Gasteiger partial charge in [-0.3, -0.25) is 4.79 Å². The Morgan fingerprint density at radius 2 is 1.44 bits per heavy atom. The van der Waals surface area contributed by atoms with Crippen molar-refractivity contribution in [3.8, 4) is 11.1 Å². The van der Waals surface area contributed by atoms with Gasteiger partial charge in [0.2, 0.25) is 0 Å². The van der Waals surface area contributed by atoms with E-state index < -0.39 is 17.1 Å². The highest BCUT2D eigenvalue weighted by Crippen LogP contribution is 2.62. The Labute approximate surface area is 363 Å². The number of rotatable bonds is 9. The Hall–Kier alpha value is -4.52. The minimum absolute atomic E-state index is 0.0377. The molecule has 2 amide bonds. The van der Waals surface area contributed by atoms with E-state index in [2.05, 4.69) is 68.6 Å². The minimum atomic E-state index is -1.20. The Kier molecular flexibility index (Phi) is 11.6. The van der Waals surface area contributed by atoms with E-state index in [1.165, 1.54) is 44.1 Å². The third-order valence-corrected chi connectivity index (χ3v) is 16.2. The predicted octanol–water partition coefficient (Wildman–Crippen LogP) is 11.6. The number of nitrogens with zero attached hydrogens (tertiary/aromatic N) is 1. The molecule has 6 bridgehead atoms. The highest BCUT2D eigenvalue weighted by Gasteiger charge is 2.59. The number of nitrogens with one attached hydrogen (secondary N) is 1. The van der Waals surface area contributed by atoms with E-state index in [4.69, 9.17) is 0 Å². The predicted molar refractivity (Wildman–Crippen MR) is 244 cm³/mol. The lowest BCUT2D eigenvalue weighted by Gasteiger charge is -2.58. The lowest BCUT2D eigenvalue weighted by atomic mass is 9.49. The molecule has 0 unspecified atom stereocenters. The van der Waals surface area contributed by atoms with Crippen molar-refractivity contribution in [2.24, 2.45) is 28.6 Å². The first-order valence-corrected chi connectivity index (χ1v) is 23.4. The molecule has 6 heteroatoms. The van der Waals surface area contributed by atoms with Gasteiger partial charge in [0, 0.05) is 23.1 Å². The molecule has 7 aliphatic carbocycles. The maximum absolute atomic E-state index is 14.9. The van der Waals surface area contributed by atoms with Crippen LogP contribution in [0, 0.1) is 28.6 Å². The van der Waals surface area contributed by atoms with Crippen molar-refractivity contribution in [2.45, 2.75) is 128 Å². The van der Waals surface area contributed by atoms with Crippen molar-refractivity contribution < 1.29 is 19.8 Å². The third kappa shape index (κ3) is 8.52. The molecule has 5 fully saturated rings. The van der Waals surface area contributed by atoms with E-state index >= 15 is 0 Å². The summed E-state index contributed by atoms with van der Waals surface area (Å²) in [6.45, 7) is 7.38. The van der Waals surface area contributed by atoms with Crippen LogP contribution >= 0.6 is 0 Å². The summed E-state index contributed by atoms with van der Waals surface area (Å²) in [7, 11) is 0. The average Bonchev–Trinajstić information content (AvgIpc) is 3.50. The van der Waals surface area contributed by atoms with Crippen LogP contribution in [0.1, 0.15) is 142 Å². The van der Waals surface area contributed by atoms with E-state index in [0.717, 1.165) is 58.4 Å². The lowest BCUT2D eigenvalue weighted by Crippen LogP contribution is -2.59. The molecule has 320 valence electrons. The molecular weight excluding hydrogens is 753 g/mol. The molecule has 4 aromatic rings. The zero-order chi connectivity index (χ0) is 42.4. The number of aliphatic hydroxyl groups excluding tert-OH is 1. The van der Waals surface area contributed by atoms with Crippen LogP contribution in [-0.4, -0.2) is 51.7 Å². The fraction of sp³-hybridized carbons (Fsp3) is 0.491. The van der Waals surface area contributed by atoms with Crippen LogP contribution in [0.25, 0.3) is 11.1 Å². The number of hydrogen-bond donors (Lipinski definition) is 3. The van der Waals surface area contributed by atoms with Gasteiger partial charge in [0.1, 0.15) is 0 Å². The number of aliphatic hydroxyl groups is 2. The maximum Gasteiger partial charge on any atom is 0.317 e. The van der Waals surface area contributed by atoms with Gasteiger partial charge in [0.15, 0.2) is 5.78 Å². The molecule has 0 spiro atoms. The van der Waals surface area contributed by atoms with E-state index in [1.807, 2.05) is 71.6 Å². The summed E-state index contributed by atoms with van der Waals surface area (Å²) in [6.07, 6.45) is 14.0. The fourth-order valence-corrected chi connectivity index (χ4v) is 13.3. The highest BCUT2D eigenvalue weighted by molar-refractivity contribution is 6.10. The molecule has 0 aliphatic heterocycles. The second kappa shape index (κ2) is 17.0. The number of amides is 2. The summed E-state index contributed by atoms with van der Waals surface area (Å²) in [6, 6.07) is 34.3. The van der Waals surface area contributed by atoms with Crippen LogP contribution in [0.4, 0.5) is 4.79 Å². The molecule has 0 heterocycles. The van der Waals surface area contributed by atoms with Crippen molar-refractivity contribution in [3.63, 3.8) is 0 Å². The molecular formula is C55H66N2O4. The first-order valence-electron chi connectivity index (χ1n) is 23.4. The van der Waals surface area contributed by atoms with Crippen LogP contribution in [0.2, 0.25) is 0 Å². The van der Waals surface area contributed by atoms with Crippen LogP contribution in [0.3, 0.4) is 0 Å². The second-order valence-corrected chi connectivity index (χ2v) is 20.6. The molecule has 0 saturated heterocycles. The normalized spacial score (nSPS) is 31.2. The lowest BCUT2D eigenvalue weighted by molar-refractivity contribution is -0.0985. The number of fused-ring (bicyclic) bond motifs is 8. The number of hydrogen-bond acceptors (Lipinski definition) is 4. The fourth-order valence-electron chi connectivity index (χ4n) is 13.3. The van der Waals surface area contributed by atoms with E-state index in [1.54, 1.807) is 0 Å². The van der Waals surface area contributed by atoms with Gasteiger partial charge in [-0.05, 0) is 160 Å². The first-order chi connectivity index (χ1) is 29.4. The number of benzene rings is 4. The number of ketones is 1. The molecule has 3 N–H and O–H groups in total. The minimum Gasteiger partial charge on any atom is -0.393 e. The summed E-state index contributed by atoms with van der Waals surface area (Å²) in [5, 5.41) is 28.1. The van der Waals surface area contributed by atoms with Crippen LogP contribution < -0.4 is 5.32 Å². The number of carbonyl (C=O) groups is 2. The SMILES string of the molecule is CC1=CCC[C@@]2(C)[C@@H](CC[C@@]2(O)CN(CC23CC4CC(CC(C4)C2)C3)C(=O)N[C@H](C)c2ccccc2)c2ccc(cc2C(=O)c2ccc(-c3ccccc3)cc2)C[C@@H](O)CC1. The maximum atomic E-state index is 14.9. The summed E-state index contributed by atoms with van der Waals surface area (Å²) in [5.74, 6) is 2.09. The Bertz CT molecular complexity index is 2200. The summed E-state index contributed by atoms with van der Waals surface area (Å²) in [4.78, 5) is 31.7. The van der Waals surface area contributed by atoms with Gasteiger partial charge in [0.05, 0.1) is 24.3 Å². The van der Waals surface area contributed by atoms with Crippen molar-refractivity contribution in [3.05, 3.63) is 143 Å².